The third-order valence-electron chi connectivity index (χ3n) is 3.37. The summed E-state index contributed by atoms with van der Waals surface area (Å²) in [7, 11) is 1.63. The molecule has 108 valence electrons. The van der Waals surface area contributed by atoms with Crippen molar-refractivity contribution in [3.8, 4) is 5.75 Å². The summed E-state index contributed by atoms with van der Waals surface area (Å²) in [6, 6.07) is 4.73. The van der Waals surface area contributed by atoms with Crippen LogP contribution in [0.4, 0.5) is 4.39 Å². The normalized spacial score (nSPS) is 11.9. The van der Waals surface area contributed by atoms with E-state index in [4.69, 9.17) is 4.74 Å². The number of hydrogen-bond donors (Lipinski definition) is 1. The molecule has 0 unspecified atom stereocenters. The van der Waals surface area contributed by atoms with Gasteiger partial charge in [0, 0.05) is 5.56 Å². The summed E-state index contributed by atoms with van der Waals surface area (Å²) < 4.78 is 18.8. The minimum absolute atomic E-state index is 0.114. The molecule has 0 saturated carbocycles. The Kier molecular flexibility index (Phi) is 5.80. The molecule has 0 aliphatic heterocycles. The van der Waals surface area contributed by atoms with Crippen molar-refractivity contribution in [2.75, 3.05) is 20.2 Å². The summed E-state index contributed by atoms with van der Waals surface area (Å²) in [5.74, 6) is 1.20. The van der Waals surface area contributed by atoms with Gasteiger partial charge in [-0.05, 0) is 49.0 Å². The van der Waals surface area contributed by atoms with E-state index in [1.165, 1.54) is 6.07 Å². The van der Waals surface area contributed by atoms with Crippen molar-refractivity contribution >= 4 is 0 Å². The first kappa shape index (κ1) is 16.0. The quantitative estimate of drug-likeness (QED) is 0.760. The van der Waals surface area contributed by atoms with Crippen LogP contribution in [0.25, 0.3) is 0 Å². The summed E-state index contributed by atoms with van der Waals surface area (Å²) in [5.41, 5.74) is 0.818. The lowest BCUT2D eigenvalue weighted by molar-refractivity contribution is 0.378. The van der Waals surface area contributed by atoms with Crippen LogP contribution in [0.3, 0.4) is 0 Å². The van der Waals surface area contributed by atoms with E-state index in [0.717, 1.165) is 30.8 Å². The van der Waals surface area contributed by atoms with Gasteiger partial charge in [-0.15, -0.1) is 0 Å². The summed E-state index contributed by atoms with van der Waals surface area (Å²) >= 11 is 0. The molecule has 1 N–H and O–H groups in total. The molecule has 0 fully saturated rings. The van der Waals surface area contributed by atoms with Crippen LogP contribution in [0, 0.1) is 11.7 Å². The zero-order valence-electron chi connectivity index (χ0n) is 12.7. The number of ether oxygens (including phenoxy) is 1. The van der Waals surface area contributed by atoms with Crippen LogP contribution in [-0.4, -0.2) is 20.2 Å². The molecule has 0 spiro atoms. The number of methoxy groups -OCH3 is 1. The molecule has 1 aromatic carbocycles. The zero-order valence-corrected chi connectivity index (χ0v) is 12.7. The molecule has 0 heterocycles. The number of benzene rings is 1. The topological polar surface area (TPSA) is 21.3 Å². The maximum atomic E-state index is 13.4. The van der Waals surface area contributed by atoms with Gasteiger partial charge >= 0.3 is 0 Å². The minimum Gasteiger partial charge on any atom is -0.496 e. The minimum atomic E-state index is -0.209. The highest BCUT2D eigenvalue weighted by Crippen LogP contribution is 2.34. The highest BCUT2D eigenvalue weighted by molar-refractivity contribution is 5.39. The van der Waals surface area contributed by atoms with Gasteiger partial charge in [0.1, 0.15) is 11.6 Å². The van der Waals surface area contributed by atoms with Gasteiger partial charge in [0.25, 0.3) is 0 Å². The Morgan fingerprint density at radius 2 is 2.00 bits per heavy atom. The van der Waals surface area contributed by atoms with Crippen molar-refractivity contribution in [1.82, 2.24) is 5.32 Å². The van der Waals surface area contributed by atoms with Crippen LogP contribution in [0.15, 0.2) is 18.2 Å². The molecule has 19 heavy (non-hydrogen) atoms. The lowest BCUT2D eigenvalue weighted by atomic mass is 9.81. The van der Waals surface area contributed by atoms with Gasteiger partial charge in [0.15, 0.2) is 0 Å². The van der Waals surface area contributed by atoms with Crippen LogP contribution >= 0.6 is 0 Å². The summed E-state index contributed by atoms with van der Waals surface area (Å²) in [6.07, 6.45) is 0.944. The summed E-state index contributed by atoms with van der Waals surface area (Å²) in [4.78, 5) is 0. The molecule has 0 bridgehead atoms. The molecular weight excluding hydrogens is 241 g/mol. The molecule has 3 heteroatoms. The largest absolute Gasteiger partial charge is 0.496 e. The molecule has 0 aromatic heterocycles. The SMILES string of the molecule is COc1ccc(F)cc1C(C)(C)CCNCC(C)C. The van der Waals surface area contributed by atoms with Crippen LogP contribution in [0.1, 0.15) is 39.7 Å². The Morgan fingerprint density at radius 1 is 1.32 bits per heavy atom. The van der Waals surface area contributed by atoms with E-state index in [-0.39, 0.29) is 11.2 Å². The molecule has 0 saturated heterocycles. The summed E-state index contributed by atoms with van der Waals surface area (Å²) in [5, 5.41) is 3.43. The monoisotopic (exact) mass is 267 g/mol. The fraction of sp³-hybridized carbons (Fsp3) is 0.625. The fourth-order valence-electron chi connectivity index (χ4n) is 2.14. The predicted octanol–water partition coefficient (Wildman–Crippen LogP) is 3.75. The first-order valence-electron chi connectivity index (χ1n) is 6.91. The molecule has 0 amide bonds. The van der Waals surface area contributed by atoms with Crippen molar-refractivity contribution in [2.24, 2.45) is 5.92 Å². The van der Waals surface area contributed by atoms with Crippen LogP contribution in [-0.2, 0) is 5.41 Å². The van der Waals surface area contributed by atoms with Crippen LogP contribution in [0.2, 0.25) is 0 Å². The second-order valence-electron chi connectivity index (χ2n) is 6.08. The highest BCUT2D eigenvalue weighted by atomic mass is 19.1. The first-order valence-corrected chi connectivity index (χ1v) is 6.91. The van der Waals surface area contributed by atoms with Crippen molar-refractivity contribution < 1.29 is 9.13 Å². The Bertz CT molecular complexity index is 402. The van der Waals surface area contributed by atoms with Gasteiger partial charge in [0.2, 0.25) is 0 Å². The maximum Gasteiger partial charge on any atom is 0.123 e. The van der Waals surface area contributed by atoms with E-state index in [1.54, 1.807) is 19.2 Å². The van der Waals surface area contributed by atoms with E-state index in [1.807, 2.05) is 0 Å². The Hall–Kier alpha value is -1.09. The molecular formula is C16H26FNO. The zero-order chi connectivity index (χ0) is 14.5. The van der Waals surface area contributed by atoms with E-state index in [9.17, 15) is 4.39 Å². The van der Waals surface area contributed by atoms with E-state index < -0.39 is 0 Å². The van der Waals surface area contributed by atoms with Crippen molar-refractivity contribution in [3.63, 3.8) is 0 Å². The molecule has 0 aliphatic carbocycles. The van der Waals surface area contributed by atoms with Gasteiger partial charge in [-0.3, -0.25) is 0 Å². The third kappa shape index (κ3) is 4.83. The van der Waals surface area contributed by atoms with Gasteiger partial charge in [-0.2, -0.15) is 0 Å². The Morgan fingerprint density at radius 3 is 2.58 bits per heavy atom. The smallest absolute Gasteiger partial charge is 0.123 e. The Balaban J connectivity index is 2.73. The average molecular weight is 267 g/mol. The van der Waals surface area contributed by atoms with Gasteiger partial charge in [-0.25, -0.2) is 4.39 Å². The maximum absolute atomic E-state index is 13.4. The highest BCUT2D eigenvalue weighted by Gasteiger charge is 2.24. The van der Waals surface area contributed by atoms with Crippen LogP contribution < -0.4 is 10.1 Å². The first-order chi connectivity index (χ1) is 8.86. The van der Waals surface area contributed by atoms with Gasteiger partial charge in [0.05, 0.1) is 7.11 Å². The second kappa shape index (κ2) is 6.90. The Labute approximate surface area is 116 Å². The third-order valence-corrected chi connectivity index (χ3v) is 3.37. The van der Waals surface area contributed by atoms with Crippen LogP contribution in [0.5, 0.6) is 5.75 Å². The van der Waals surface area contributed by atoms with Crippen molar-refractivity contribution in [1.29, 1.82) is 0 Å². The average Bonchev–Trinajstić information content (AvgIpc) is 2.34. The lowest BCUT2D eigenvalue weighted by Crippen LogP contribution is -2.28. The molecule has 0 radical (unpaired) electrons. The van der Waals surface area contributed by atoms with Gasteiger partial charge in [-0.1, -0.05) is 27.7 Å². The number of rotatable bonds is 7. The number of nitrogens with one attached hydrogen (secondary N) is 1. The second-order valence-corrected chi connectivity index (χ2v) is 6.08. The molecule has 0 atom stereocenters. The molecule has 1 aromatic rings. The predicted molar refractivity (Wildman–Crippen MR) is 78.3 cm³/mol. The van der Waals surface area contributed by atoms with Gasteiger partial charge < -0.3 is 10.1 Å². The summed E-state index contributed by atoms with van der Waals surface area (Å²) in [6.45, 7) is 10.6. The lowest BCUT2D eigenvalue weighted by Gasteiger charge is -2.27. The van der Waals surface area contributed by atoms with E-state index >= 15 is 0 Å². The fourth-order valence-corrected chi connectivity index (χ4v) is 2.14. The van der Waals surface area contributed by atoms with E-state index in [0.29, 0.717) is 5.92 Å². The standard InChI is InChI=1S/C16H26FNO/c1-12(2)11-18-9-8-16(3,4)14-10-13(17)6-7-15(14)19-5/h6-7,10,12,18H,8-9,11H2,1-5H3. The molecule has 0 aliphatic rings. The van der Waals surface area contributed by atoms with Crippen molar-refractivity contribution in [3.05, 3.63) is 29.6 Å². The molecule has 2 nitrogen and oxygen atoms in total. The number of hydrogen-bond acceptors (Lipinski definition) is 2. The van der Waals surface area contributed by atoms with E-state index in [2.05, 4.69) is 33.0 Å². The molecule has 1 rings (SSSR count). The number of halogens is 1. The van der Waals surface area contributed by atoms with Crippen molar-refractivity contribution in [2.45, 2.75) is 39.5 Å².